The van der Waals surface area contributed by atoms with Crippen LogP contribution < -0.4 is 10.5 Å². The van der Waals surface area contributed by atoms with Crippen molar-refractivity contribution in [2.45, 2.75) is 51.2 Å². The Balaban J connectivity index is 2.36. The molecule has 1 aromatic rings. The summed E-state index contributed by atoms with van der Waals surface area (Å²) >= 11 is 0. The fourth-order valence-corrected chi connectivity index (χ4v) is 2.86. The van der Waals surface area contributed by atoms with E-state index in [-0.39, 0.29) is 6.04 Å². The van der Waals surface area contributed by atoms with Crippen LogP contribution in [0.25, 0.3) is 0 Å². The van der Waals surface area contributed by atoms with Crippen molar-refractivity contribution in [1.82, 2.24) is 0 Å². The number of hydrogen-bond acceptors (Lipinski definition) is 2. The van der Waals surface area contributed by atoms with Crippen molar-refractivity contribution < 1.29 is 9.13 Å². The summed E-state index contributed by atoms with van der Waals surface area (Å²) in [4.78, 5) is 0. The van der Waals surface area contributed by atoms with E-state index in [0.717, 1.165) is 35.3 Å². The van der Waals surface area contributed by atoms with Gasteiger partial charge in [0.1, 0.15) is 11.4 Å². The van der Waals surface area contributed by atoms with Gasteiger partial charge >= 0.3 is 0 Å². The van der Waals surface area contributed by atoms with Crippen LogP contribution in [0.3, 0.4) is 0 Å². The molecule has 2 N–H and O–H groups in total. The van der Waals surface area contributed by atoms with E-state index < -0.39 is 5.67 Å². The Kier molecular flexibility index (Phi) is 3.62. The van der Waals surface area contributed by atoms with Crippen molar-refractivity contribution in [2.75, 3.05) is 7.11 Å². The van der Waals surface area contributed by atoms with Crippen molar-refractivity contribution in [1.29, 1.82) is 0 Å². The smallest absolute Gasteiger partial charge is 0.136 e. The summed E-state index contributed by atoms with van der Waals surface area (Å²) in [5, 5.41) is 0. The van der Waals surface area contributed by atoms with Crippen LogP contribution in [0.2, 0.25) is 0 Å². The maximum atomic E-state index is 15.1. The summed E-state index contributed by atoms with van der Waals surface area (Å²) in [6, 6.07) is 4.03. The second-order valence-electron chi connectivity index (χ2n) is 5.44. The van der Waals surface area contributed by atoms with Gasteiger partial charge in [-0.15, -0.1) is 0 Å². The third-order valence-corrected chi connectivity index (χ3v) is 4.05. The zero-order valence-electron chi connectivity index (χ0n) is 11.4. The first-order valence-corrected chi connectivity index (χ1v) is 6.56. The molecule has 0 unspecified atom stereocenters. The molecule has 18 heavy (non-hydrogen) atoms. The lowest BCUT2D eigenvalue weighted by atomic mass is 9.77. The molecule has 1 aliphatic rings. The van der Waals surface area contributed by atoms with E-state index in [1.54, 1.807) is 7.11 Å². The summed E-state index contributed by atoms with van der Waals surface area (Å²) in [5.41, 5.74) is 7.42. The Bertz CT molecular complexity index is 436. The molecule has 3 heteroatoms. The molecule has 2 rings (SSSR count). The lowest BCUT2D eigenvalue weighted by Gasteiger charge is -2.34. The maximum absolute atomic E-state index is 15.1. The number of rotatable bonds is 2. The maximum Gasteiger partial charge on any atom is 0.136 e. The molecule has 1 aromatic carbocycles. The highest BCUT2D eigenvalue weighted by Gasteiger charge is 2.37. The van der Waals surface area contributed by atoms with Crippen LogP contribution >= 0.6 is 0 Å². The Morgan fingerprint density at radius 1 is 1.22 bits per heavy atom. The Morgan fingerprint density at radius 3 is 2.39 bits per heavy atom. The topological polar surface area (TPSA) is 35.2 Å². The van der Waals surface area contributed by atoms with Gasteiger partial charge in [-0.05, 0) is 68.4 Å². The van der Waals surface area contributed by atoms with Gasteiger partial charge in [0.2, 0.25) is 0 Å². The van der Waals surface area contributed by atoms with Crippen LogP contribution in [0.15, 0.2) is 12.1 Å². The lowest BCUT2D eigenvalue weighted by molar-refractivity contribution is 0.0970. The van der Waals surface area contributed by atoms with Gasteiger partial charge in [-0.3, -0.25) is 0 Å². The van der Waals surface area contributed by atoms with Crippen LogP contribution in [0.5, 0.6) is 5.75 Å². The number of alkyl halides is 1. The van der Waals surface area contributed by atoms with Crippen molar-refractivity contribution in [3.63, 3.8) is 0 Å². The van der Waals surface area contributed by atoms with E-state index >= 15 is 4.39 Å². The molecule has 1 aliphatic carbocycles. The molecule has 1 saturated carbocycles. The van der Waals surface area contributed by atoms with Crippen LogP contribution in [0.4, 0.5) is 4.39 Å². The van der Waals surface area contributed by atoms with Crippen molar-refractivity contribution in [3.05, 3.63) is 28.8 Å². The molecule has 0 radical (unpaired) electrons. The fraction of sp³-hybridized carbons (Fsp3) is 0.600. The molecular formula is C15H22FNO. The summed E-state index contributed by atoms with van der Waals surface area (Å²) in [6.45, 7) is 3.91. The second kappa shape index (κ2) is 4.88. The van der Waals surface area contributed by atoms with Crippen molar-refractivity contribution in [2.24, 2.45) is 5.73 Å². The average molecular weight is 251 g/mol. The predicted octanol–water partition coefficient (Wildman–Crippen LogP) is 3.38. The van der Waals surface area contributed by atoms with Gasteiger partial charge in [-0.1, -0.05) is 0 Å². The number of methoxy groups -OCH3 is 1. The van der Waals surface area contributed by atoms with E-state index in [1.165, 1.54) is 0 Å². The number of benzene rings is 1. The minimum Gasteiger partial charge on any atom is -0.496 e. The molecule has 1 fully saturated rings. The van der Waals surface area contributed by atoms with Crippen molar-refractivity contribution in [3.8, 4) is 5.75 Å². The Hall–Kier alpha value is -1.09. The molecule has 0 bridgehead atoms. The second-order valence-corrected chi connectivity index (χ2v) is 5.44. The minimum absolute atomic E-state index is 0.161. The van der Waals surface area contributed by atoms with E-state index in [1.807, 2.05) is 26.0 Å². The average Bonchev–Trinajstić information content (AvgIpc) is 2.35. The number of nitrogens with two attached hydrogens (primary N) is 1. The van der Waals surface area contributed by atoms with Crippen LogP contribution in [-0.4, -0.2) is 13.2 Å². The van der Waals surface area contributed by atoms with E-state index in [4.69, 9.17) is 10.5 Å². The molecule has 0 spiro atoms. The largest absolute Gasteiger partial charge is 0.496 e. The number of aryl methyl sites for hydroxylation is 2. The highest BCUT2D eigenvalue weighted by Crippen LogP contribution is 2.43. The lowest BCUT2D eigenvalue weighted by Crippen LogP contribution is -2.34. The van der Waals surface area contributed by atoms with Gasteiger partial charge in [0, 0.05) is 6.04 Å². The SMILES string of the molecule is COc1cc(C)c(C2(F)CCC(N)CC2)cc1C. The molecule has 0 aliphatic heterocycles. The fourth-order valence-electron chi connectivity index (χ4n) is 2.86. The van der Waals surface area contributed by atoms with E-state index in [2.05, 4.69) is 0 Å². The summed E-state index contributed by atoms with van der Waals surface area (Å²) < 4.78 is 20.3. The van der Waals surface area contributed by atoms with Gasteiger partial charge in [0.25, 0.3) is 0 Å². The van der Waals surface area contributed by atoms with Crippen LogP contribution in [-0.2, 0) is 5.67 Å². The van der Waals surface area contributed by atoms with Gasteiger partial charge in [0.15, 0.2) is 0 Å². The quantitative estimate of drug-likeness (QED) is 0.874. The highest BCUT2D eigenvalue weighted by atomic mass is 19.1. The highest BCUT2D eigenvalue weighted by molar-refractivity contribution is 5.44. The normalized spacial score (nSPS) is 28.2. The molecule has 0 atom stereocenters. The van der Waals surface area contributed by atoms with E-state index in [9.17, 15) is 0 Å². The first kappa shape index (κ1) is 13.3. The third kappa shape index (κ3) is 2.37. The van der Waals surface area contributed by atoms with Gasteiger partial charge in [-0.25, -0.2) is 4.39 Å². The molecule has 0 amide bonds. The Morgan fingerprint density at radius 2 is 1.83 bits per heavy atom. The van der Waals surface area contributed by atoms with Gasteiger partial charge in [0.05, 0.1) is 7.11 Å². The first-order valence-electron chi connectivity index (χ1n) is 6.56. The summed E-state index contributed by atoms with van der Waals surface area (Å²) in [6.07, 6.45) is 2.59. The monoisotopic (exact) mass is 251 g/mol. The molecule has 0 saturated heterocycles. The molecule has 2 nitrogen and oxygen atoms in total. The number of halogens is 1. The third-order valence-electron chi connectivity index (χ3n) is 4.05. The zero-order valence-corrected chi connectivity index (χ0v) is 11.4. The summed E-state index contributed by atoms with van der Waals surface area (Å²) in [5.74, 6) is 0.826. The molecule has 0 heterocycles. The van der Waals surface area contributed by atoms with E-state index in [0.29, 0.717) is 12.8 Å². The molecule has 100 valence electrons. The summed E-state index contributed by atoms with van der Waals surface area (Å²) in [7, 11) is 1.65. The molecular weight excluding hydrogens is 229 g/mol. The number of ether oxygens (including phenoxy) is 1. The molecule has 0 aromatic heterocycles. The predicted molar refractivity (Wildman–Crippen MR) is 71.7 cm³/mol. The van der Waals surface area contributed by atoms with Crippen molar-refractivity contribution >= 4 is 0 Å². The van der Waals surface area contributed by atoms with Gasteiger partial charge in [-0.2, -0.15) is 0 Å². The van der Waals surface area contributed by atoms with Crippen LogP contribution in [0.1, 0.15) is 42.4 Å². The number of hydrogen-bond donors (Lipinski definition) is 1. The first-order chi connectivity index (χ1) is 8.46. The Labute approximate surface area is 108 Å². The standard InChI is InChI=1S/C15H22FNO/c1-10-9-14(18-3)11(2)8-13(10)15(16)6-4-12(17)5-7-15/h8-9,12H,4-7,17H2,1-3H3. The van der Waals surface area contributed by atoms with Gasteiger partial charge < -0.3 is 10.5 Å². The minimum atomic E-state index is -1.21. The van der Waals surface area contributed by atoms with Crippen LogP contribution in [0, 0.1) is 13.8 Å². The zero-order chi connectivity index (χ0) is 13.3.